The molecule has 1 atom stereocenters. The molecule has 0 radical (unpaired) electrons. The van der Waals surface area contributed by atoms with Crippen molar-refractivity contribution in [3.63, 3.8) is 0 Å². The van der Waals surface area contributed by atoms with Crippen LogP contribution < -0.4 is 0 Å². The number of fused-ring (bicyclic) bond motifs is 3. The molecular formula is C20H24N2OS. The minimum atomic E-state index is 0.177. The number of amides is 1. The van der Waals surface area contributed by atoms with E-state index in [2.05, 4.69) is 54.0 Å². The maximum absolute atomic E-state index is 12.7. The lowest BCUT2D eigenvalue weighted by Crippen LogP contribution is -2.56. The highest BCUT2D eigenvalue weighted by Crippen LogP contribution is 2.40. The molecule has 1 amide bonds. The number of nitrogens with zero attached hydrogens (tertiary/aromatic N) is 2. The fourth-order valence-corrected chi connectivity index (χ4v) is 4.90. The first-order valence-corrected chi connectivity index (χ1v) is 9.56. The van der Waals surface area contributed by atoms with E-state index in [0.29, 0.717) is 12.5 Å². The summed E-state index contributed by atoms with van der Waals surface area (Å²) in [7, 11) is 0. The van der Waals surface area contributed by atoms with Crippen LogP contribution in [-0.2, 0) is 16.6 Å². The van der Waals surface area contributed by atoms with Crippen LogP contribution in [0.15, 0.2) is 41.8 Å². The zero-order chi connectivity index (χ0) is 16.7. The molecular weight excluding hydrogens is 316 g/mol. The molecule has 1 unspecified atom stereocenters. The van der Waals surface area contributed by atoms with Crippen LogP contribution in [0.1, 0.15) is 35.9 Å². The van der Waals surface area contributed by atoms with Crippen molar-refractivity contribution in [3.05, 3.63) is 57.8 Å². The van der Waals surface area contributed by atoms with E-state index < -0.39 is 0 Å². The van der Waals surface area contributed by atoms with E-state index in [1.165, 1.54) is 11.1 Å². The Morgan fingerprint density at radius 2 is 2.04 bits per heavy atom. The topological polar surface area (TPSA) is 23.6 Å². The van der Waals surface area contributed by atoms with E-state index in [1.807, 2.05) is 11.4 Å². The minimum absolute atomic E-state index is 0.177. The Balaban J connectivity index is 1.56. The van der Waals surface area contributed by atoms with Crippen LogP contribution >= 0.6 is 11.3 Å². The van der Waals surface area contributed by atoms with Gasteiger partial charge in [-0.1, -0.05) is 44.2 Å². The predicted octanol–water partition coefficient (Wildman–Crippen LogP) is 3.47. The number of hydrogen-bond acceptors (Lipinski definition) is 3. The second kappa shape index (κ2) is 6.01. The van der Waals surface area contributed by atoms with Gasteiger partial charge in [0.25, 0.3) is 0 Å². The molecule has 0 aliphatic carbocycles. The molecule has 0 bridgehead atoms. The third-order valence-corrected chi connectivity index (χ3v) is 6.27. The molecule has 1 fully saturated rings. The molecule has 0 N–H and O–H groups in total. The second-order valence-corrected chi connectivity index (χ2v) is 8.59. The second-order valence-electron chi connectivity index (χ2n) is 7.55. The summed E-state index contributed by atoms with van der Waals surface area (Å²) in [6.07, 6.45) is 0.539. The van der Waals surface area contributed by atoms with Crippen molar-refractivity contribution in [1.82, 2.24) is 9.80 Å². The molecule has 2 aliphatic rings. The van der Waals surface area contributed by atoms with Gasteiger partial charge in [0.15, 0.2) is 0 Å². The number of benzene rings is 1. The molecule has 1 saturated heterocycles. The smallest absolute Gasteiger partial charge is 0.227 e. The van der Waals surface area contributed by atoms with Crippen LogP contribution in [0.3, 0.4) is 0 Å². The summed E-state index contributed by atoms with van der Waals surface area (Å²) in [4.78, 5) is 18.5. The van der Waals surface area contributed by atoms with Crippen molar-refractivity contribution >= 4 is 17.2 Å². The average Bonchev–Trinajstić information content (AvgIpc) is 3.07. The van der Waals surface area contributed by atoms with Gasteiger partial charge in [0.05, 0.1) is 12.5 Å². The van der Waals surface area contributed by atoms with Crippen molar-refractivity contribution in [2.75, 3.05) is 26.2 Å². The van der Waals surface area contributed by atoms with Crippen LogP contribution in [0, 0.1) is 0 Å². The monoisotopic (exact) mass is 340 g/mol. The molecule has 4 rings (SSSR count). The highest BCUT2D eigenvalue weighted by atomic mass is 32.1. The van der Waals surface area contributed by atoms with Gasteiger partial charge in [-0.3, -0.25) is 9.69 Å². The van der Waals surface area contributed by atoms with Crippen molar-refractivity contribution < 1.29 is 4.79 Å². The van der Waals surface area contributed by atoms with E-state index >= 15 is 0 Å². The molecule has 2 aromatic rings. The lowest BCUT2D eigenvalue weighted by Gasteiger charge is -2.50. The number of thiophene rings is 1. The van der Waals surface area contributed by atoms with Crippen LogP contribution in [0.5, 0.6) is 0 Å². The van der Waals surface area contributed by atoms with Crippen LogP contribution in [-0.4, -0.2) is 41.9 Å². The SMILES string of the molecule is CC1(C)CN2CCN(C(=O)Cc3cccs3)CC2c2ccccc21. The van der Waals surface area contributed by atoms with Crippen molar-refractivity contribution in [3.8, 4) is 0 Å². The molecule has 0 spiro atoms. The number of carbonyl (C=O) groups excluding carboxylic acids is 1. The largest absolute Gasteiger partial charge is 0.339 e. The van der Waals surface area contributed by atoms with Crippen LogP contribution in [0.25, 0.3) is 0 Å². The van der Waals surface area contributed by atoms with Gasteiger partial charge in [0, 0.05) is 36.5 Å². The van der Waals surface area contributed by atoms with Gasteiger partial charge >= 0.3 is 0 Å². The summed E-state index contributed by atoms with van der Waals surface area (Å²) in [6.45, 7) is 8.36. The van der Waals surface area contributed by atoms with Gasteiger partial charge in [0.1, 0.15) is 0 Å². The van der Waals surface area contributed by atoms with E-state index in [-0.39, 0.29) is 11.3 Å². The summed E-state index contributed by atoms with van der Waals surface area (Å²) < 4.78 is 0. The number of rotatable bonds is 2. The summed E-state index contributed by atoms with van der Waals surface area (Å²) in [6, 6.07) is 13.2. The summed E-state index contributed by atoms with van der Waals surface area (Å²) in [5.41, 5.74) is 3.03. The summed E-state index contributed by atoms with van der Waals surface area (Å²) in [5.74, 6) is 0.263. The number of hydrogen-bond donors (Lipinski definition) is 0. The maximum atomic E-state index is 12.7. The Morgan fingerprint density at radius 1 is 1.21 bits per heavy atom. The zero-order valence-corrected chi connectivity index (χ0v) is 15.2. The fraction of sp³-hybridized carbons (Fsp3) is 0.450. The molecule has 24 heavy (non-hydrogen) atoms. The number of carbonyl (C=O) groups is 1. The zero-order valence-electron chi connectivity index (χ0n) is 14.4. The van der Waals surface area contributed by atoms with Crippen molar-refractivity contribution in [2.45, 2.75) is 31.7 Å². The molecule has 1 aromatic heterocycles. The standard InChI is InChI=1S/C20H24N2OS/c1-20(2)14-22-10-9-21(19(23)12-15-6-5-11-24-15)13-18(22)16-7-3-4-8-17(16)20/h3-8,11,18H,9-10,12-14H2,1-2H3. The average molecular weight is 340 g/mol. The Labute approximate surface area is 147 Å². The van der Waals surface area contributed by atoms with Gasteiger partial charge in [-0.2, -0.15) is 0 Å². The highest BCUT2D eigenvalue weighted by molar-refractivity contribution is 7.10. The van der Waals surface area contributed by atoms with Gasteiger partial charge in [0.2, 0.25) is 5.91 Å². The van der Waals surface area contributed by atoms with Gasteiger partial charge in [-0.05, 0) is 22.6 Å². The Morgan fingerprint density at radius 3 is 2.83 bits per heavy atom. The minimum Gasteiger partial charge on any atom is -0.339 e. The Kier molecular flexibility index (Phi) is 3.97. The fourth-order valence-electron chi connectivity index (χ4n) is 4.20. The summed E-state index contributed by atoms with van der Waals surface area (Å²) >= 11 is 1.67. The number of piperazine rings is 1. The van der Waals surface area contributed by atoms with Gasteiger partial charge in [-0.15, -0.1) is 11.3 Å². The van der Waals surface area contributed by atoms with Gasteiger partial charge in [-0.25, -0.2) is 0 Å². The highest BCUT2D eigenvalue weighted by Gasteiger charge is 2.40. The van der Waals surface area contributed by atoms with Crippen molar-refractivity contribution in [1.29, 1.82) is 0 Å². The third-order valence-electron chi connectivity index (χ3n) is 5.40. The van der Waals surface area contributed by atoms with E-state index in [0.717, 1.165) is 31.1 Å². The van der Waals surface area contributed by atoms with E-state index in [4.69, 9.17) is 0 Å². The quantitative estimate of drug-likeness (QED) is 0.836. The Bertz CT molecular complexity index is 738. The summed E-state index contributed by atoms with van der Waals surface area (Å²) in [5, 5.41) is 2.04. The lowest BCUT2D eigenvalue weighted by molar-refractivity contribution is -0.134. The maximum Gasteiger partial charge on any atom is 0.227 e. The molecule has 1 aromatic carbocycles. The van der Waals surface area contributed by atoms with E-state index in [9.17, 15) is 4.79 Å². The van der Waals surface area contributed by atoms with Crippen LogP contribution in [0.4, 0.5) is 0 Å². The van der Waals surface area contributed by atoms with Crippen LogP contribution in [0.2, 0.25) is 0 Å². The van der Waals surface area contributed by atoms with E-state index in [1.54, 1.807) is 11.3 Å². The lowest BCUT2D eigenvalue weighted by atomic mass is 9.75. The van der Waals surface area contributed by atoms with Crippen molar-refractivity contribution in [2.24, 2.45) is 0 Å². The Hall–Kier alpha value is -1.65. The first-order valence-electron chi connectivity index (χ1n) is 8.68. The molecule has 3 nitrogen and oxygen atoms in total. The molecule has 2 aliphatic heterocycles. The molecule has 3 heterocycles. The molecule has 126 valence electrons. The normalized spacial score (nSPS) is 22.8. The van der Waals surface area contributed by atoms with Gasteiger partial charge < -0.3 is 4.90 Å². The predicted molar refractivity (Wildman–Crippen MR) is 98.4 cm³/mol. The first-order chi connectivity index (χ1) is 11.5. The molecule has 0 saturated carbocycles. The first kappa shape index (κ1) is 15.9. The third kappa shape index (κ3) is 2.78. The molecule has 4 heteroatoms.